The quantitative estimate of drug-likeness (QED) is 0.808. The Labute approximate surface area is 99.2 Å². The SMILES string of the molecule is Cc1cnnc(C)c1-c1ccc(O)cc1C#N. The second-order valence-electron chi connectivity index (χ2n) is 3.83. The number of rotatable bonds is 1. The number of hydrogen-bond acceptors (Lipinski definition) is 4. The molecule has 84 valence electrons. The van der Waals surface area contributed by atoms with E-state index >= 15 is 0 Å². The van der Waals surface area contributed by atoms with Crippen molar-refractivity contribution in [3.05, 3.63) is 41.2 Å². The van der Waals surface area contributed by atoms with Gasteiger partial charge in [0, 0.05) is 11.1 Å². The van der Waals surface area contributed by atoms with Gasteiger partial charge in [-0.1, -0.05) is 0 Å². The molecular weight excluding hydrogens is 214 g/mol. The number of nitrogens with zero attached hydrogens (tertiary/aromatic N) is 3. The first kappa shape index (κ1) is 11.1. The molecule has 0 fully saturated rings. The van der Waals surface area contributed by atoms with E-state index in [1.165, 1.54) is 6.07 Å². The second kappa shape index (κ2) is 4.22. The number of aryl methyl sites for hydroxylation is 2. The molecule has 4 heteroatoms. The molecule has 1 aromatic carbocycles. The van der Waals surface area contributed by atoms with Gasteiger partial charge in [-0.05, 0) is 37.6 Å². The lowest BCUT2D eigenvalue weighted by atomic mass is 9.96. The van der Waals surface area contributed by atoms with Crippen LogP contribution in [0, 0.1) is 25.2 Å². The van der Waals surface area contributed by atoms with Gasteiger partial charge >= 0.3 is 0 Å². The van der Waals surface area contributed by atoms with Crippen molar-refractivity contribution in [2.75, 3.05) is 0 Å². The van der Waals surface area contributed by atoms with Crippen molar-refractivity contribution >= 4 is 0 Å². The Hall–Kier alpha value is -2.41. The fourth-order valence-corrected chi connectivity index (χ4v) is 1.85. The smallest absolute Gasteiger partial charge is 0.116 e. The van der Waals surface area contributed by atoms with Crippen LogP contribution in [-0.2, 0) is 0 Å². The maximum atomic E-state index is 9.38. The van der Waals surface area contributed by atoms with E-state index in [9.17, 15) is 5.11 Å². The first-order chi connectivity index (χ1) is 8.13. The number of aromatic hydroxyl groups is 1. The van der Waals surface area contributed by atoms with Gasteiger partial charge in [0.1, 0.15) is 5.75 Å². The van der Waals surface area contributed by atoms with Crippen molar-refractivity contribution < 1.29 is 5.11 Å². The fraction of sp³-hybridized carbons (Fsp3) is 0.154. The number of phenolic OH excluding ortho intramolecular Hbond substituents is 1. The van der Waals surface area contributed by atoms with Gasteiger partial charge in [-0.25, -0.2) is 0 Å². The molecule has 17 heavy (non-hydrogen) atoms. The molecule has 0 spiro atoms. The van der Waals surface area contributed by atoms with E-state index < -0.39 is 0 Å². The number of nitriles is 1. The van der Waals surface area contributed by atoms with Gasteiger partial charge in [0.05, 0.1) is 23.5 Å². The van der Waals surface area contributed by atoms with Crippen molar-refractivity contribution in [2.45, 2.75) is 13.8 Å². The van der Waals surface area contributed by atoms with E-state index in [2.05, 4.69) is 16.3 Å². The summed E-state index contributed by atoms with van der Waals surface area (Å²) in [5, 5.41) is 26.3. The Morgan fingerprint density at radius 2 is 2.06 bits per heavy atom. The third-order valence-corrected chi connectivity index (χ3v) is 2.61. The molecule has 0 radical (unpaired) electrons. The summed E-state index contributed by atoms with van der Waals surface area (Å²) in [7, 11) is 0. The molecule has 0 saturated carbocycles. The summed E-state index contributed by atoms with van der Waals surface area (Å²) in [5.41, 5.74) is 3.84. The van der Waals surface area contributed by atoms with Crippen molar-refractivity contribution in [1.82, 2.24) is 10.2 Å². The molecule has 4 nitrogen and oxygen atoms in total. The summed E-state index contributed by atoms with van der Waals surface area (Å²) in [6.07, 6.45) is 1.66. The van der Waals surface area contributed by atoms with E-state index in [1.807, 2.05) is 13.8 Å². The van der Waals surface area contributed by atoms with Gasteiger partial charge in [-0.3, -0.25) is 0 Å². The third kappa shape index (κ3) is 1.95. The molecule has 0 unspecified atom stereocenters. The summed E-state index contributed by atoms with van der Waals surface area (Å²) < 4.78 is 0. The third-order valence-electron chi connectivity index (χ3n) is 2.61. The largest absolute Gasteiger partial charge is 0.508 e. The maximum absolute atomic E-state index is 9.38. The highest BCUT2D eigenvalue weighted by atomic mass is 16.3. The van der Waals surface area contributed by atoms with Crippen LogP contribution in [0.5, 0.6) is 5.75 Å². The van der Waals surface area contributed by atoms with E-state index in [0.29, 0.717) is 5.56 Å². The van der Waals surface area contributed by atoms with Crippen LogP contribution in [0.25, 0.3) is 11.1 Å². The van der Waals surface area contributed by atoms with Crippen LogP contribution < -0.4 is 0 Å². The monoisotopic (exact) mass is 225 g/mol. The molecule has 2 aromatic rings. The van der Waals surface area contributed by atoms with Crippen molar-refractivity contribution in [1.29, 1.82) is 5.26 Å². The molecule has 1 N–H and O–H groups in total. The van der Waals surface area contributed by atoms with Crippen LogP contribution in [0.2, 0.25) is 0 Å². The summed E-state index contributed by atoms with van der Waals surface area (Å²) in [5.74, 6) is 0.0858. The highest BCUT2D eigenvalue weighted by Gasteiger charge is 2.12. The Morgan fingerprint density at radius 1 is 1.29 bits per heavy atom. The predicted molar refractivity (Wildman–Crippen MR) is 63.3 cm³/mol. The maximum Gasteiger partial charge on any atom is 0.116 e. The number of aromatic nitrogens is 2. The summed E-state index contributed by atoms with van der Waals surface area (Å²) >= 11 is 0. The van der Waals surface area contributed by atoms with Crippen molar-refractivity contribution in [3.63, 3.8) is 0 Å². The minimum atomic E-state index is 0.0858. The first-order valence-electron chi connectivity index (χ1n) is 5.16. The van der Waals surface area contributed by atoms with Crippen LogP contribution in [-0.4, -0.2) is 15.3 Å². The predicted octanol–water partition coefficient (Wildman–Crippen LogP) is 2.34. The Morgan fingerprint density at radius 3 is 2.71 bits per heavy atom. The zero-order valence-electron chi connectivity index (χ0n) is 9.60. The highest BCUT2D eigenvalue weighted by molar-refractivity contribution is 5.75. The summed E-state index contributed by atoms with van der Waals surface area (Å²) in [4.78, 5) is 0. The average molecular weight is 225 g/mol. The van der Waals surface area contributed by atoms with Gasteiger partial charge in [-0.15, -0.1) is 0 Å². The number of phenols is 1. The van der Waals surface area contributed by atoms with Crippen molar-refractivity contribution in [3.8, 4) is 22.9 Å². The summed E-state index contributed by atoms with van der Waals surface area (Å²) in [6.45, 7) is 3.77. The van der Waals surface area contributed by atoms with Gasteiger partial charge in [0.15, 0.2) is 0 Å². The molecular formula is C13H11N3O. The molecule has 0 aliphatic rings. The fourth-order valence-electron chi connectivity index (χ4n) is 1.85. The standard InChI is InChI=1S/C13H11N3O/c1-8-7-15-16-9(2)13(8)12-4-3-11(17)5-10(12)6-14/h3-5,7,17H,1-2H3. The lowest BCUT2D eigenvalue weighted by Crippen LogP contribution is -1.96. The van der Waals surface area contributed by atoms with Gasteiger partial charge in [-0.2, -0.15) is 15.5 Å². The lowest BCUT2D eigenvalue weighted by molar-refractivity contribution is 0.475. The molecule has 0 bridgehead atoms. The average Bonchev–Trinajstić information content (AvgIpc) is 2.30. The summed E-state index contributed by atoms with van der Waals surface area (Å²) in [6, 6.07) is 6.83. The van der Waals surface area contributed by atoms with Gasteiger partial charge in [0.2, 0.25) is 0 Å². The Balaban J connectivity index is 2.74. The molecule has 0 amide bonds. The topological polar surface area (TPSA) is 69.8 Å². The van der Waals surface area contributed by atoms with Gasteiger partial charge < -0.3 is 5.11 Å². The Bertz CT molecular complexity index is 594. The molecule has 1 aromatic heterocycles. The van der Waals surface area contributed by atoms with E-state index in [1.54, 1.807) is 18.3 Å². The van der Waals surface area contributed by atoms with E-state index in [0.717, 1.165) is 22.4 Å². The van der Waals surface area contributed by atoms with Crippen LogP contribution in [0.3, 0.4) is 0 Å². The minimum absolute atomic E-state index is 0.0858. The molecule has 0 atom stereocenters. The van der Waals surface area contributed by atoms with Crippen LogP contribution in [0.4, 0.5) is 0 Å². The van der Waals surface area contributed by atoms with E-state index in [4.69, 9.17) is 5.26 Å². The van der Waals surface area contributed by atoms with Crippen molar-refractivity contribution in [2.24, 2.45) is 0 Å². The molecule has 0 saturated heterocycles. The van der Waals surface area contributed by atoms with E-state index in [-0.39, 0.29) is 5.75 Å². The van der Waals surface area contributed by atoms with Gasteiger partial charge in [0.25, 0.3) is 0 Å². The minimum Gasteiger partial charge on any atom is -0.508 e. The van der Waals surface area contributed by atoms with Crippen LogP contribution in [0.1, 0.15) is 16.8 Å². The first-order valence-corrected chi connectivity index (χ1v) is 5.16. The number of benzene rings is 1. The zero-order chi connectivity index (χ0) is 12.4. The Kier molecular flexibility index (Phi) is 2.75. The second-order valence-corrected chi connectivity index (χ2v) is 3.83. The van der Waals surface area contributed by atoms with Crippen LogP contribution >= 0.6 is 0 Å². The molecule has 0 aliphatic heterocycles. The molecule has 0 aliphatic carbocycles. The highest BCUT2D eigenvalue weighted by Crippen LogP contribution is 2.30. The molecule has 2 rings (SSSR count). The molecule has 1 heterocycles. The normalized spacial score (nSPS) is 9.94. The number of hydrogen-bond donors (Lipinski definition) is 1. The van der Waals surface area contributed by atoms with Crippen LogP contribution in [0.15, 0.2) is 24.4 Å². The zero-order valence-corrected chi connectivity index (χ0v) is 9.60. The lowest BCUT2D eigenvalue weighted by Gasteiger charge is -2.09.